The molecule has 2 amide bonds. The number of rotatable bonds is 5. The zero-order valence-electron chi connectivity index (χ0n) is 14.3. The van der Waals surface area contributed by atoms with Crippen molar-refractivity contribution in [2.45, 2.75) is 32.3 Å². The summed E-state index contributed by atoms with van der Waals surface area (Å²) in [5.41, 5.74) is 0.563. The van der Waals surface area contributed by atoms with Gasteiger partial charge in [0.1, 0.15) is 0 Å². The predicted octanol–water partition coefficient (Wildman–Crippen LogP) is 3.13. The lowest BCUT2D eigenvalue weighted by atomic mass is 10.1. The molecule has 1 aliphatic rings. The van der Waals surface area contributed by atoms with Crippen LogP contribution in [0, 0.1) is 0 Å². The fraction of sp³-hybridized carbons (Fsp3) is 0.412. The summed E-state index contributed by atoms with van der Waals surface area (Å²) in [7, 11) is 0. The Kier molecular flexibility index (Phi) is 5.91. The van der Waals surface area contributed by atoms with Gasteiger partial charge in [-0.25, -0.2) is 4.79 Å². The maximum Gasteiger partial charge on any atom is 0.435 e. The molecule has 2 N–H and O–H groups in total. The van der Waals surface area contributed by atoms with Gasteiger partial charge >= 0.3 is 12.2 Å². The minimum Gasteiger partial charge on any atom is -0.376 e. The number of alkyl halides is 3. The van der Waals surface area contributed by atoms with Crippen molar-refractivity contribution in [1.29, 1.82) is 0 Å². The van der Waals surface area contributed by atoms with E-state index >= 15 is 0 Å². The second kappa shape index (κ2) is 8.18. The minimum absolute atomic E-state index is 0.0842. The van der Waals surface area contributed by atoms with Gasteiger partial charge in [-0.1, -0.05) is 23.7 Å². The molecule has 1 aromatic heterocycles. The van der Waals surface area contributed by atoms with Gasteiger partial charge < -0.3 is 15.4 Å². The Morgan fingerprint density at radius 3 is 2.70 bits per heavy atom. The van der Waals surface area contributed by atoms with Gasteiger partial charge in [0, 0.05) is 35.8 Å². The zero-order chi connectivity index (χ0) is 19.4. The molecule has 146 valence electrons. The summed E-state index contributed by atoms with van der Waals surface area (Å²) in [6.45, 7) is 0.866. The van der Waals surface area contributed by atoms with Crippen molar-refractivity contribution in [1.82, 2.24) is 20.4 Å². The van der Waals surface area contributed by atoms with Crippen molar-refractivity contribution in [3.63, 3.8) is 0 Å². The number of halogens is 4. The number of amides is 2. The van der Waals surface area contributed by atoms with E-state index in [0.717, 1.165) is 5.56 Å². The molecule has 0 unspecified atom stereocenters. The molecule has 0 spiro atoms. The van der Waals surface area contributed by atoms with Crippen LogP contribution in [0.3, 0.4) is 0 Å². The first-order valence-corrected chi connectivity index (χ1v) is 8.72. The molecule has 10 heteroatoms. The largest absolute Gasteiger partial charge is 0.435 e. The molecular weight excluding hydrogens is 385 g/mol. The van der Waals surface area contributed by atoms with Crippen LogP contribution in [0.25, 0.3) is 0 Å². The van der Waals surface area contributed by atoms with Gasteiger partial charge in [0.15, 0.2) is 5.69 Å². The van der Waals surface area contributed by atoms with Crippen LogP contribution in [-0.4, -0.2) is 29.0 Å². The highest BCUT2D eigenvalue weighted by molar-refractivity contribution is 6.30. The first-order chi connectivity index (χ1) is 12.8. The molecule has 0 atom stereocenters. The standard InChI is InChI=1S/C17H18ClF3N4O2/c18-12-3-1-11(2-4-12)9-23-16(26)22-6-7-25-14-5-8-27-10-13(14)15(24-25)17(19,20)21/h1-4H,5-10H2,(H2,22,23,26). The molecule has 1 aromatic carbocycles. The molecule has 2 heterocycles. The smallest absolute Gasteiger partial charge is 0.376 e. The van der Waals surface area contributed by atoms with Gasteiger partial charge in [0.05, 0.1) is 19.8 Å². The highest BCUT2D eigenvalue weighted by Gasteiger charge is 2.39. The van der Waals surface area contributed by atoms with Crippen LogP contribution in [0.1, 0.15) is 22.5 Å². The second-order valence-electron chi connectivity index (χ2n) is 6.03. The van der Waals surface area contributed by atoms with E-state index in [1.165, 1.54) is 4.68 Å². The monoisotopic (exact) mass is 402 g/mol. The van der Waals surface area contributed by atoms with Crippen molar-refractivity contribution in [3.05, 3.63) is 51.8 Å². The quantitative estimate of drug-likeness (QED) is 0.807. The molecule has 0 aliphatic carbocycles. The first-order valence-electron chi connectivity index (χ1n) is 8.34. The summed E-state index contributed by atoms with van der Waals surface area (Å²) in [4.78, 5) is 11.8. The number of urea groups is 1. The lowest BCUT2D eigenvalue weighted by Crippen LogP contribution is -2.37. The van der Waals surface area contributed by atoms with Gasteiger partial charge in [-0.15, -0.1) is 0 Å². The molecule has 0 bridgehead atoms. The summed E-state index contributed by atoms with van der Waals surface area (Å²) < 4.78 is 45.8. The predicted molar refractivity (Wildman–Crippen MR) is 92.3 cm³/mol. The van der Waals surface area contributed by atoms with Crippen LogP contribution >= 0.6 is 11.6 Å². The number of benzene rings is 1. The number of carbonyl (C=O) groups excluding carboxylic acids is 1. The minimum atomic E-state index is -4.53. The van der Waals surface area contributed by atoms with E-state index < -0.39 is 17.9 Å². The molecule has 1 aliphatic heterocycles. The maximum absolute atomic E-state index is 13.1. The van der Waals surface area contributed by atoms with Gasteiger partial charge in [0.25, 0.3) is 0 Å². The summed E-state index contributed by atoms with van der Waals surface area (Å²) in [5.74, 6) is 0. The molecule has 0 fully saturated rings. The third kappa shape index (κ3) is 4.92. The van der Waals surface area contributed by atoms with Crippen LogP contribution < -0.4 is 10.6 Å². The Morgan fingerprint density at radius 1 is 1.26 bits per heavy atom. The molecule has 6 nitrogen and oxygen atoms in total. The normalized spacial score (nSPS) is 13.9. The average Bonchev–Trinajstić information content (AvgIpc) is 3.01. The van der Waals surface area contributed by atoms with E-state index in [9.17, 15) is 18.0 Å². The number of hydrogen-bond donors (Lipinski definition) is 2. The first kappa shape index (κ1) is 19.5. The van der Waals surface area contributed by atoms with E-state index in [1.807, 2.05) is 0 Å². The molecule has 2 aromatic rings. The highest BCUT2D eigenvalue weighted by atomic mass is 35.5. The summed E-state index contributed by atoms with van der Waals surface area (Å²) in [6, 6.07) is 6.61. The number of nitrogens with one attached hydrogen (secondary N) is 2. The molecule has 27 heavy (non-hydrogen) atoms. The van der Waals surface area contributed by atoms with E-state index in [4.69, 9.17) is 16.3 Å². The SMILES string of the molecule is O=C(NCCn1nc(C(F)(F)F)c2c1CCOC2)NCc1ccc(Cl)cc1. The number of aromatic nitrogens is 2. The topological polar surface area (TPSA) is 68.2 Å². The number of ether oxygens (including phenoxy) is 1. The summed E-state index contributed by atoms with van der Waals surface area (Å²) in [5, 5.41) is 9.59. The van der Waals surface area contributed by atoms with E-state index in [0.29, 0.717) is 30.3 Å². The molecule has 3 rings (SSSR count). The number of nitrogens with zero attached hydrogens (tertiary/aromatic N) is 2. The van der Waals surface area contributed by atoms with Gasteiger partial charge in [-0.3, -0.25) is 4.68 Å². The van der Waals surface area contributed by atoms with Crippen LogP contribution in [0.15, 0.2) is 24.3 Å². The number of carbonyl (C=O) groups is 1. The van der Waals surface area contributed by atoms with Crippen LogP contribution in [-0.2, 0) is 37.0 Å². The lowest BCUT2D eigenvalue weighted by molar-refractivity contribution is -0.142. The van der Waals surface area contributed by atoms with Crippen molar-refractivity contribution in [2.24, 2.45) is 0 Å². The van der Waals surface area contributed by atoms with Crippen LogP contribution in [0.4, 0.5) is 18.0 Å². The van der Waals surface area contributed by atoms with Crippen molar-refractivity contribution in [2.75, 3.05) is 13.2 Å². The summed E-state index contributed by atoms with van der Waals surface area (Å²) in [6.07, 6.45) is -4.17. The summed E-state index contributed by atoms with van der Waals surface area (Å²) >= 11 is 5.80. The highest BCUT2D eigenvalue weighted by Crippen LogP contribution is 2.34. The Hall–Kier alpha value is -2.26. The van der Waals surface area contributed by atoms with Gasteiger partial charge in [0.2, 0.25) is 0 Å². The van der Waals surface area contributed by atoms with E-state index in [1.54, 1.807) is 24.3 Å². The second-order valence-corrected chi connectivity index (χ2v) is 6.47. The molecule has 0 saturated heterocycles. The number of hydrogen-bond acceptors (Lipinski definition) is 3. The third-order valence-corrected chi connectivity index (χ3v) is 4.39. The van der Waals surface area contributed by atoms with E-state index in [2.05, 4.69) is 15.7 Å². The Bertz CT molecular complexity index is 806. The van der Waals surface area contributed by atoms with Crippen molar-refractivity contribution < 1.29 is 22.7 Å². The Labute approximate surface area is 158 Å². The fourth-order valence-electron chi connectivity index (χ4n) is 2.84. The van der Waals surface area contributed by atoms with Gasteiger partial charge in [-0.2, -0.15) is 18.3 Å². The number of fused-ring (bicyclic) bond motifs is 1. The third-order valence-electron chi connectivity index (χ3n) is 4.14. The maximum atomic E-state index is 13.1. The molecule has 0 saturated carbocycles. The lowest BCUT2D eigenvalue weighted by Gasteiger charge is -2.15. The van der Waals surface area contributed by atoms with E-state index in [-0.39, 0.29) is 25.3 Å². The van der Waals surface area contributed by atoms with Crippen LogP contribution in [0.5, 0.6) is 0 Å². The van der Waals surface area contributed by atoms with Crippen molar-refractivity contribution in [3.8, 4) is 0 Å². The Morgan fingerprint density at radius 2 is 2.00 bits per heavy atom. The van der Waals surface area contributed by atoms with Crippen molar-refractivity contribution >= 4 is 17.6 Å². The molecular formula is C17H18ClF3N4O2. The molecule has 0 radical (unpaired) electrons. The Balaban J connectivity index is 1.53. The van der Waals surface area contributed by atoms with Crippen LogP contribution in [0.2, 0.25) is 5.02 Å². The fourth-order valence-corrected chi connectivity index (χ4v) is 2.97. The van der Waals surface area contributed by atoms with Gasteiger partial charge in [-0.05, 0) is 17.7 Å². The zero-order valence-corrected chi connectivity index (χ0v) is 15.0. The average molecular weight is 403 g/mol.